The fourth-order valence-electron chi connectivity index (χ4n) is 2.71. The first-order valence-electron chi connectivity index (χ1n) is 8.25. The van der Waals surface area contributed by atoms with E-state index in [0.29, 0.717) is 13.0 Å². The highest BCUT2D eigenvalue weighted by Gasteiger charge is 2.37. The molecule has 0 amide bonds. The zero-order chi connectivity index (χ0) is 16.9. The minimum Gasteiger partial charge on any atom is -0.491 e. The normalized spacial score (nSPS) is 23.2. The largest absolute Gasteiger partial charge is 0.491 e. The third-order valence-corrected chi connectivity index (χ3v) is 4.17. The molecule has 3 atom stereocenters. The summed E-state index contributed by atoms with van der Waals surface area (Å²) < 4.78 is 23.2. The van der Waals surface area contributed by atoms with E-state index in [1.165, 1.54) is 11.1 Å². The van der Waals surface area contributed by atoms with Crippen LogP contribution in [0.25, 0.3) is 0 Å². The monoisotopic (exact) mass is 328 g/mol. The third kappa shape index (κ3) is 4.28. The minimum atomic E-state index is -0.257. The summed E-state index contributed by atoms with van der Waals surface area (Å²) in [5.74, 6) is 1.67. The highest BCUT2D eigenvalue weighted by atomic mass is 16.7. The molecule has 1 aliphatic heterocycles. The van der Waals surface area contributed by atoms with Gasteiger partial charge in [0.1, 0.15) is 30.3 Å². The van der Waals surface area contributed by atoms with Crippen molar-refractivity contribution >= 4 is 0 Å². The average Bonchev–Trinajstić information content (AvgIpc) is 2.98. The molecule has 0 aliphatic carbocycles. The van der Waals surface area contributed by atoms with E-state index < -0.39 is 0 Å². The van der Waals surface area contributed by atoms with Gasteiger partial charge in [0, 0.05) is 13.5 Å². The molecule has 1 heterocycles. The first kappa shape index (κ1) is 16.8. The van der Waals surface area contributed by atoms with Crippen LogP contribution in [0.5, 0.6) is 11.5 Å². The third-order valence-electron chi connectivity index (χ3n) is 4.17. The second kappa shape index (κ2) is 7.69. The summed E-state index contributed by atoms with van der Waals surface area (Å²) in [6.45, 7) is 4.54. The maximum Gasteiger partial charge on any atom is 0.161 e. The van der Waals surface area contributed by atoms with Crippen LogP contribution in [0.15, 0.2) is 48.5 Å². The Kier molecular flexibility index (Phi) is 5.38. The quantitative estimate of drug-likeness (QED) is 0.806. The Bertz CT molecular complexity index is 636. The molecule has 0 spiro atoms. The van der Waals surface area contributed by atoms with Gasteiger partial charge in [0.25, 0.3) is 0 Å². The number of hydrogen-bond donors (Lipinski definition) is 0. The van der Waals surface area contributed by atoms with Gasteiger partial charge in [0.05, 0.1) is 0 Å². The molecule has 0 radical (unpaired) electrons. The van der Waals surface area contributed by atoms with Crippen LogP contribution in [0.1, 0.15) is 17.5 Å². The van der Waals surface area contributed by atoms with Gasteiger partial charge < -0.3 is 18.9 Å². The Hall–Kier alpha value is -2.04. The van der Waals surface area contributed by atoms with Gasteiger partial charge in [-0.2, -0.15) is 0 Å². The highest BCUT2D eigenvalue weighted by molar-refractivity contribution is 5.27. The number of hydrogen-bond acceptors (Lipinski definition) is 4. The Morgan fingerprint density at radius 3 is 2.08 bits per heavy atom. The minimum absolute atomic E-state index is 0.0943. The molecular formula is C20H24O4. The van der Waals surface area contributed by atoms with Gasteiger partial charge in [-0.15, -0.1) is 0 Å². The Balaban J connectivity index is 1.62. The van der Waals surface area contributed by atoms with Crippen LogP contribution in [0.4, 0.5) is 0 Å². The summed E-state index contributed by atoms with van der Waals surface area (Å²) in [5, 5.41) is 0. The number of rotatable bonds is 6. The summed E-state index contributed by atoms with van der Waals surface area (Å²) in [5.41, 5.74) is 2.42. The number of ether oxygens (including phenoxy) is 4. The van der Waals surface area contributed by atoms with E-state index >= 15 is 0 Å². The number of aryl methyl sites for hydroxylation is 2. The molecule has 0 saturated carbocycles. The molecule has 2 aromatic rings. The molecule has 1 aliphatic rings. The van der Waals surface area contributed by atoms with Crippen LogP contribution in [0.2, 0.25) is 0 Å². The van der Waals surface area contributed by atoms with Crippen molar-refractivity contribution in [2.24, 2.45) is 0 Å². The van der Waals surface area contributed by atoms with Crippen molar-refractivity contribution in [2.75, 3.05) is 13.7 Å². The van der Waals surface area contributed by atoms with E-state index in [9.17, 15) is 0 Å². The van der Waals surface area contributed by atoms with Gasteiger partial charge >= 0.3 is 0 Å². The summed E-state index contributed by atoms with van der Waals surface area (Å²) in [6, 6.07) is 16.0. The standard InChI is InChI=1S/C20H24O4/c1-14-4-8-16(9-5-14)22-13-19-18(12-20(21-3)24-19)23-17-10-6-15(2)7-11-17/h4-11,18-20H,12-13H2,1-3H3/t18-,19+,20+/m0/s1. The number of benzene rings is 2. The topological polar surface area (TPSA) is 36.9 Å². The zero-order valence-electron chi connectivity index (χ0n) is 14.4. The van der Waals surface area contributed by atoms with Gasteiger partial charge in [-0.25, -0.2) is 0 Å². The van der Waals surface area contributed by atoms with Crippen molar-refractivity contribution < 1.29 is 18.9 Å². The lowest BCUT2D eigenvalue weighted by Gasteiger charge is -2.20. The van der Waals surface area contributed by atoms with Crippen LogP contribution < -0.4 is 9.47 Å². The Morgan fingerprint density at radius 1 is 0.917 bits per heavy atom. The van der Waals surface area contributed by atoms with Crippen molar-refractivity contribution in [1.29, 1.82) is 0 Å². The molecule has 0 N–H and O–H groups in total. The molecule has 1 fully saturated rings. The lowest BCUT2D eigenvalue weighted by Crippen LogP contribution is -2.32. The van der Waals surface area contributed by atoms with E-state index in [4.69, 9.17) is 18.9 Å². The van der Waals surface area contributed by atoms with Crippen LogP contribution in [-0.4, -0.2) is 32.2 Å². The predicted octanol–water partition coefficient (Wildman–Crippen LogP) is 3.89. The first-order valence-corrected chi connectivity index (χ1v) is 8.25. The molecule has 2 aromatic carbocycles. The van der Waals surface area contributed by atoms with Crippen molar-refractivity contribution in [3.05, 3.63) is 59.7 Å². The zero-order valence-corrected chi connectivity index (χ0v) is 14.4. The van der Waals surface area contributed by atoms with E-state index in [2.05, 4.69) is 13.8 Å². The van der Waals surface area contributed by atoms with Crippen LogP contribution >= 0.6 is 0 Å². The van der Waals surface area contributed by atoms with Crippen molar-refractivity contribution in [1.82, 2.24) is 0 Å². The average molecular weight is 328 g/mol. The fraction of sp³-hybridized carbons (Fsp3) is 0.400. The summed E-state index contributed by atoms with van der Waals surface area (Å²) in [7, 11) is 1.65. The smallest absolute Gasteiger partial charge is 0.161 e. The first-order chi connectivity index (χ1) is 11.6. The molecule has 4 heteroatoms. The lowest BCUT2D eigenvalue weighted by atomic mass is 10.2. The summed E-state index contributed by atoms with van der Waals surface area (Å²) in [4.78, 5) is 0. The van der Waals surface area contributed by atoms with Crippen LogP contribution in [0, 0.1) is 13.8 Å². The Labute approximate surface area is 143 Å². The fourth-order valence-corrected chi connectivity index (χ4v) is 2.71. The molecular weight excluding hydrogens is 304 g/mol. The van der Waals surface area contributed by atoms with Crippen molar-refractivity contribution in [3.8, 4) is 11.5 Å². The molecule has 24 heavy (non-hydrogen) atoms. The van der Waals surface area contributed by atoms with Gasteiger partial charge in [-0.1, -0.05) is 35.4 Å². The number of methoxy groups -OCH3 is 1. The molecule has 0 bridgehead atoms. The second-order valence-corrected chi connectivity index (χ2v) is 6.17. The SMILES string of the molecule is CO[C@H]1C[C@H](Oc2ccc(C)cc2)[C@@H](COc2ccc(C)cc2)O1. The van der Waals surface area contributed by atoms with E-state index in [1.807, 2.05) is 48.5 Å². The molecule has 3 rings (SSSR count). The van der Waals surface area contributed by atoms with Gasteiger partial charge in [0.15, 0.2) is 6.29 Å². The van der Waals surface area contributed by atoms with E-state index in [0.717, 1.165) is 11.5 Å². The van der Waals surface area contributed by atoms with Gasteiger partial charge in [0.2, 0.25) is 0 Å². The highest BCUT2D eigenvalue weighted by Crippen LogP contribution is 2.27. The molecule has 1 saturated heterocycles. The van der Waals surface area contributed by atoms with Gasteiger partial charge in [-0.05, 0) is 38.1 Å². The summed E-state index contributed by atoms with van der Waals surface area (Å²) >= 11 is 0. The molecule has 0 unspecified atom stereocenters. The molecule has 0 aromatic heterocycles. The Morgan fingerprint density at radius 2 is 1.50 bits per heavy atom. The molecule has 4 nitrogen and oxygen atoms in total. The van der Waals surface area contributed by atoms with Crippen molar-refractivity contribution in [2.45, 2.75) is 38.8 Å². The van der Waals surface area contributed by atoms with Crippen molar-refractivity contribution in [3.63, 3.8) is 0 Å². The maximum atomic E-state index is 6.10. The lowest BCUT2D eigenvalue weighted by molar-refractivity contribution is -0.124. The summed E-state index contributed by atoms with van der Waals surface area (Å²) in [6.07, 6.45) is 0.166. The van der Waals surface area contributed by atoms with E-state index in [1.54, 1.807) is 7.11 Å². The van der Waals surface area contributed by atoms with Crippen LogP contribution in [0.3, 0.4) is 0 Å². The molecule has 128 valence electrons. The van der Waals surface area contributed by atoms with Gasteiger partial charge in [-0.3, -0.25) is 0 Å². The van der Waals surface area contributed by atoms with Crippen LogP contribution in [-0.2, 0) is 9.47 Å². The maximum absolute atomic E-state index is 6.10. The second-order valence-electron chi connectivity index (χ2n) is 6.17. The van der Waals surface area contributed by atoms with E-state index in [-0.39, 0.29) is 18.5 Å². The predicted molar refractivity (Wildman–Crippen MR) is 92.6 cm³/mol.